The smallest absolute Gasteiger partial charge is 0.226 e. The van der Waals surface area contributed by atoms with Gasteiger partial charge in [-0.1, -0.05) is 50.6 Å². The van der Waals surface area contributed by atoms with E-state index in [4.69, 9.17) is 0 Å². The zero-order valence-electron chi connectivity index (χ0n) is 17.8. The third kappa shape index (κ3) is 5.38. The molecule has 0 aliphatic rings. The van der Waals surface area contributed by atoms with Gasteiger partial charge in [-0.3, -0.25) is 19.6 Å². The Morgan fingerprint density at radius 2 is 1.70 bits per heavy atom. The Morgan fingerprint density at radius 3 is 2.33 bits per heavy atom. The Morgan fingerprint density at radius 1 is 0.967 bits per heavy atom. The van der Waals surface area contributed by atoms with E-state index in [2.05, 4.69) is 15.3 Å². The van der Waals surface area contributed by atoms with Crippen LogP contribution in [-0.2, 0) is 4.79 Å². The van der Waals surface area contributed by atoms with Gasteiger partial charge in [-0.2, -0.15) is 0 Å². The van der Waals surface area contributed by atoms with E-state index >= 15 is 0 Å². The lowest BCUT2D eigenvalue weighted by Gasteiger charge is -2.14. The van der Waals surface area contributed by atoms with Gasteiger partial charge in [0.05, 0.1) is 5.69 Å². The molecule has 0 radical (unpaired) electrons. The van der Waals surface area contributed by atoms with Crippen LogP contribution in [0.5, 0.6) is 0 Å². The number of hydrogen-bond donors (Lipinski definition) is 1. The van der Waals surface area contributed by atoms with E-state index in [1.165, 1.54) is 0 Å². The fraction of sp³-hybridized carbons (Fsp3) is 0.280. The summed E-state index contributed by atoms with van der Waals surface area (Å²) in [6, 6.07) is 13.7. The number of ketones is 1. The van der Waals surface area contributed by atoms with Gasteiger partial charge < -0.3 is 5.32 Å². The molecule has 0 aliphatic carbocycles. The van der Waals surface area contributed by atoms with Gasteiger partial charge in [0, 0.05) is 48.1 Å². The zero-order chi connectivity index (χ0) is 21.7. The standard InChI is InChI=1S/C25H27N3O2/c1-16(2)25(30)28-22-13-20(19-7-5-17(3)6-8-19)12-21(14-22)24(29)11-18(4)23-15-26-9-10-27-23/h5-10,12-16,18H,11H2,1-4H3,(H,28,30). The molecule has 0 saturated heterocycles. The highest BCUT2D eigenvalue weighted by atomic mass is 16.1. The highest BCUT2D eigenvalue weighted by molar-refractivity contribution is 6.00. The number of carbonyl (C=O) groups excluding carboxylic acids is 2. The SMILES string of the molecule is Cc1ccc(-c2cc(NC(=O)C(C)C)cc(C(=O)CC(C)c3cnccn3)c2)cc1. The lowest BCUT2D eigenvalue weighted by molar-refractivity contribution is -0.118. The van der Waals surface area contributed by atoms with Crippen molar-refractivity contribution in [2.24, 2.45) is 5.92 Å². The number of rotatable bonds is 7. The van der Waals surface area contributed by atoms with Gasteiger partial charge in [0.15, 0.2) is 5.78 Å². The molecule has 0 bridgehead atoms. The Kier molecular flexibility index (Phi) is 6.72. The minimum absolute atomic E-state index is 0.00200. The first-order chi connectivity index (χ1) is 14.3. The maximum atomic E-state index is 13.1. The molecular weight excluding hydrogens is 374 g/mol. The second kappa shape index (κ2) is 9.44. The van der Waals surface area contributed by atoms with Crippen LogP contribution in [0.25, 0.3) is 11.1 Å². The van der Waals surface area contributed by atoms with Gasteiger partial charge in [-0.15, -0.1) is 0 Å². The Labute approximate surface area is 177 Å². The van der Waals surface area contributed by atoms with E-state index in [1.807, 2.05) is 64.1 Å². The molecule has 1 N–H and O–H groups in total. The highest BCUT2D eigenvalue weighted by Gasteiger charge is 2.17. The number of anilines is 1. The number of benzene rings is 2. The largest absolute Gasteiger partial charge is 0.326 e. The first-order valence-electron chi connectivity index (χ1n) is 10.2. The average molecular weight is 402 g/mol. The molecule has 5 heteroatoms. The Hall–Kier alpha value is -3.34. The van der Waals surface area contributed by atoms with Crippen molar-refractivity contribution in [3.8, 4) is 11.1 Å². The molecule has 1 amide bonds. The number of nitrogens with zero attached hydrogens (tertiary/aromatic N) is 2. The van der Waals surface area contributed by atoms with Crippen LogP contribution in [0.15, 0.2) is 61.1 Å². The lowest BCUT2D eigenvalue weighted by atomic mass is 9.94. The van der Waals surface area contributed by atoms with Crippen LogP contribution in [0.2, 0.25) is 0 Å². The Balaban J connectivity index is 1.93. The number of aromatic nitrogens is 2. The van der Waals surface area contributed by atoms with Crippen molar-refractivity contribution in [2.75, 3.05) is 5.32 Å². The van der Waals surface area contributed by atoms with E-state index in [0.29, 0.717) is 17.7 Å². The van der Waals surface area contributed by atoms with Crippen LogP contribution in [0.4, 0.5) is 5.69 Å². The summed E-state index contributed by atoms with van der Waals surface area (Å²) in [6.45, 7) is 7.68. The van der Waals surface area contributed by atoms with Crippen LogP contribution >= 0.6 is 0 Å². The third-order valence-electron chi connectivity index (χ3n) is 5.01. The van der Waals surface area contributed by atoms with Crippen molar-refractivity contribution in [3.05, 3.63) is 77.9 Å². The van der Waals surface area contributed by atoms with Crippen LogP contribution in [0, 0.1) is 12.8 Å². The van der Waals surface area contributed by atoms with E-state index in [9.17, 15) is 9.59 Å². The van der Waals surface area contributed by atoms with Crippen molar-refractivity contribution < 1.29 is 9.59 Å². The van der Waals surface area contributed by atoms with Crippen LogP contribution in [0.3, 0.4) is 0 Å². The molecule has 154 valence electrons. The van der Waals surface area contributed by atoms with Gasteiger partial charge in [0.1, 0.15) is 0 Å². The van der Waals surface area contributed by atoms with E-state index < -0.39 is 0 Å². The molecule has 0 aliphatic heterocycles. The second-order valence-corrected chi connectivity index (χ2v) is 7.97. The zero-order valence-corrected chi connectivity index (χ0v) is 17.8. The average Bonchev–Trinajstić information content (AvgIpc) is 2.74. The molecule has 1 aromatic heterocycles. The lowest BCUT2D eigenvalue weighted by Crippen LogP contribution is -2.18. The number of Topliss-reactive ketones (excluding diaryl/α,β-unsaturated/α-hetero) is 1. The van der Waals surface area contributed by atoms with Crippen LogP contribution < -0.4 is 5.32 Å². The van der Waals surface area contributed by atoms with Gasteiger partial charge in [0.25, 0.3) is 0 Å². The molecular formula is C25H27N3O2. The van der Waals surface area contributed by atoms with Crippen molar-refractivity contribution in [3.63, 3.8) is 0 Å². The summed E-state index contributed by atoms with van der Waals surface area (Å²) in [4.78, 5) is 33.7. The predicted molar refractivity (Wildman–Crippen MR) is 119 cm³/mol. The van der Waals surface area contributed by atoms with E-state index in [0.717, 1.165) is 22.4 Å². The molecule has 0 spiro atoms. The van der Waals surface area contributed by atoms with Crippen molar-refractivity contribution in [2.45, 2.75) is 40.0 Å². The maximum absolute atomic E-state index is 13.1. The summed E-state index contributed by atoms with van der Waals surface area (Å²) in [5.41, 5.74) is 5.04. The summed E-state index contributed by atoms with van der Waals surface area (Å²) in [5.74, 6) is -0.281. The van der Waals surface area contributed by atoms with Crippen molar-refractivity contribution in [1.82, 2.24) is 9.97 Å². The van der Waals surface area contributed by atoms with Gasteiger partial charge >= 0.3 is 0 Å². The summed E-state index contributed by atoms with van der Waals surface area (Å²) >= 11 is 0. The summed E-state index contributed by atoms with van der Waals surface area (Å²) in [5, 5.41) is 2.93. The summed E-state index contributed by atoms with van der Waals surface area (Å²) in [7, 11) is 0. The molecule has 3 rings (SSSR count). The quantitative estimate of drug-likeness (QED) is 0.536. The second-order valence-electron chi connectivity index (χ2n) is 7.97. The fourth-order valence-electron chi connectivity index (χ4n) is 3.13. The monoisotopic (exact) mass is 401 g/mol. The predicted octanol–water partition coefficient (Wildman–Crippen LogP) is 5.42. The summed E-state index contributed by atoms with van der Waals surface area (Å²) in [6.07, 6.45) is 5.25. The minimum atomic E-state index is -0.149. The number of amides is 1. The number of aryl methyl sites for hydroxylation is 1. The number of carbonyl (C=O) groups is 2. The van der Waals surface area contributed by atoms with Gasteiger partial charge in [-0.05, 0) is 36.2 Å². The first-order valence-corrected chi connectivity index (χ1v) is 10.2. The first kappa shape index (κ1) is 21.4. The van der Waals surface area contributed by atoms with Crippen molar-refractivity contribution in [1.29, 1.82) is 0 Å². The molecule has 1 atom stereocenters. The normalized spacial score (nSPS) is 11.9. The highest BCUT2D eigenvalue weighted by Crippen LogP contribution is 2.28. The molecule has 0 saturated carbocycles. The number of hydrogen-bond acceptors (Lipinski definition) is 4. The molecule has 1 heterocycles. The maximum Gasteiger partial charge on any atom is 0.226 e. The van der Waals surface area contributed by atoms with E-state index in [1.54, 1.807) is 24.7 Å². The van der Waals surface area contributed by atoms with Crippen molar-refractivity contribution >= 4 is 17.4 Å². The topological polar surface area (TPSA) is 72.0 Å². The minimum Gasteiger partial charge on any atom is -0.326 e. The Bertz CT molecular complexity index is 1030. The molecule has 1 unspecified atom stereocenters. The van der Waals surface area contributed by atoms with E-state index in [-0.39, 0.29) is 23.5 Å². The molecule has 0 fully saturated rings. The molecule has 30 heavy (non-hydrogen) atoms. The molecule has 2 aromatic carbocycles. The van der Waals surface area contributed by atoms with Crippen LogP contribution in [-0.4, -0.2) is 21.7 Å². The third-order valence-corrected chi connectivity index (χ3v) is 5.01. The van der Waals surface area contributed by atoms with Crippen LogP contribution in [0.1, 0.15) is 54.7 Å². The fourth-order valence-corrected chi connectivity index (χ4v) is 3.13. The summed E-state index contributed by atoms with van der Waals surface area (Å²) < 4.78 is 0. The molecule has 3 aromatic rings. The number of nitrogens with one attached hydrogen (secondary N) is 1. The molecule has 5 nitrogen and oxygen atoms in total. The van der Waals surface area contributed by atoms with Gasteiger partial charge in [-0.25, -0.2) is 0 Å². The van der Waals surface area contributed by atoms with Gasteiger partial charge in [0.2, 0.25) is 5.91 Å².